The number of rotatable bonds is 4. The number of nitrogens with zero attached hydrogens (tertiary/aromatic N) is 4. The van der Waals surface area contributed by atoms with E-state index in [9.17, 15) is 4.79 Å². The highest BCUT2D eigenvalue weighted by atomic mass is 16.5. The second-order valence-corrected chi connectivity index (χ2v) is 9.14. The van der Waals surface area contributed by atoms with Crippen molar-refractivity contribution in [2.75, 3.05) is 62.3 Å². The van der Waals surface area contributed by atoms with Crippen molar-refractivity contribution in [2.45, 2.75) is 39.5 Å². The van der Waals surface area contributed by atoms with Gasteiger partial charge in [-0.25, -0.2) is 4.98 Å². The Morgan fingerprint density at radius 3 is 2.34 bits per heavy atom. The van der Waals surface area contributed by atoms with Crippen LogP contribution in [0.2, 0.25) is 0 Å². The van der Waals surface area contributed by atoms with Gasteiger partial charge >= 0.3 is 0 Å². The maximum absolute atomic E-state index is 13.0. The van der Waals surface area contributed by atoms with E-state index in [1.807, 2.05) is 6.20 Å². The predicted octanol–water partition coefficient (Wildman–Crippen LogP) is 3.03. The molecule has 1 aromatic rings. The zero-order chi connectivity index (χ0) is 20.2. The Morgan fingerprint density at radius 1 is 1.00 bits per heavy atom. The minimum Gasteiger partial charge on any atom is -0.378 e. The van der Waals surface area contributed by atoms with E-state index in [2.05, 4.69) is 45.7 Å². The number of aromatic nitrogens is 1. The zero-order valence-corrected chi connectivity index (χ0v) is 18.1. The molecule has 0 unspecified atom stereocenters. The summed E-state index contributed by atoms with van der Waals surface area (Å²) in [5, 5.41) is 0. The Morgan fingerprint density at radius 2 is 1.69 bits per heavy atom. The molecule has 0 spiro atoms. The number of carbonyl (C=O) groups excluding carboxylic acids is 1. The Hall–Kier alpha value is -1.82. The minimum absolute atomic E-state index is 0.197. The summed E-state index contributed by atoms with van der Waals surface area (Å²) in [4.78, 5) is 24.4. The van der Waals surface area contributed by atoms with E-state index < -0.39 is 0 Å². The van der Waals surface area contributed by atoms with E-state index in [-0.39, 0.29) is 5.92 Å². The number of amides is 1. The number of likely N-dealkylation sites (tertiary alicyclic amines) is 1. The molecule has 3 saturated heterocycles. The normalized spacial score (nSPS) is 22.4. The van der Waals surface area contributed by atoms with E-state index in [1.165, 1.54) is 18.5 Å². The molecule has 3 aliphatic rings. The first-order valence-corrected chi connectivity index (χ1v) is 11.4. The van der Waals surface area contributed by atoms with E-state index in [4.69, 9.17) is 4.74 Å². The van der Waals surface area contributed by atoms with E-state index in [1.54, 1.807) is 0 Å². The number of piperidine rings is 2. The van der Waals surface area contributed by atoms with Crippen molar-refractivity contribution in [1.29, 1.82) is 0 Å². The van der Waals surface area contributed by atoms with Crippen LogP contribution in [-0.4, -0.2) is 68.3 Å². The van der Waals surface area contributed by atoms with Gasteiger partial charge in [0.15, 0.2) is 0 Å². The number of hydrogen-bond donors (Lipinski definition) is 0. The fraction of sp³-hybridized carbons (Fsp3) is 0.739. The molecule has 4 heterocycles. The van der Waals surface area contributed by atoms with Crippen molar-refractivity contribution in [3.63, 3.8) is 0 Å². The minimum atomic E-state index is 0.197. The molecule has 0 aromatic carbocycles. The molecule has 0 aliphatic carbocycles. The molecule has 0 atom stereocenters. The third-order valence-electron chi connectivity index (χ3n) is 7.07. The van der Waals surface area contributed by atoms with Crippen LogP contribution in [-0.2, 0) is 9.53 Å². The first kappa shape index (κ1) is 20.5. The fourth-order valence-electron chi connectivity index (χ4n) is 5.00. The predicted molar refractivity (Wildman–Crippen MR) is 116 cm³/mol. The second-order valence-electron chi connectivity index (χ2n) is 9.14. The topological polar surface area (TPSA) is 48.9 Å². The van der Waals surface area contributed by atoms with E-state index in [0.29, 0.717) is 5.91 Å². The monoisotopic (exact) mass is 400 g/mol. The van der Waals surface area contributed by atoms with Gasteiger partial charge in [0.2, 0.25) is 5.91 Å². The smallest absolute Gasteiger partial charge is 0.225 e. The van der Waals surface area contributed by atoms with Crippen LogP contribution < -0.4 is 9.80 Å². The van der Waals surface area contributed by atoms with Crippen LogP contribution >= 0.6 is 0 Å². The molecule has 3 fully saturated rings. The van der Waals surface area contributed by atoms with Crippen molar-refractivity contribution >= 4 is 17.4 Å². The van der Waals surface area contributed by atoms with Gasteiger partial charge in [-0.3, -0.25) is 4.79 Å². The summed E-state index contributed by atoms with van der Waals surface area (Å²) in [7, 11) is 0. The van der Waals surface area contributed by atoms with Crippen LogP contribution in [0, 0.1) is 17.8 Å². The van der Waals surface area contributed by atoms with Crippen molar-refractivity contribution in [1.82, 2.24) is 9.88 Å². The highest BCUT2D eigenvalue weighted by Crippen LogP contribution is 2.29. The third kappa shape index (κ3) is 4.85. The molecule has 0 radical (unpaired) electrons. The van der Waals surface area contributed by atoms with Gasteiger partial charge in [0.25, 0.3) is 0 Å². The highest BCUT2D eigenvalue weighted by Gasteiger charge is 2.31. The molecule has 4 rings (SSSR count). The van der Waals surface area contributed by atoms with Crippen molar-refractivity contribution < 1.29 is 9.53 Å². The Bertz CT molecular complexity index is 673. The Kier molecular flexibility index (Phi) is 6.58. The van der Waals surface area contributed by atoms with Gasteiger partial charge in [-0.15, -0.1) is 0 Å². The summed E-state index contributed by atoms with van der Waals surface area (Å²) < 4.78 is 5.45. The average molecular weight is 401 g/mol. The van der Waals surface area contributed by atoms with Gasteiger partial charge in [0.05, 0.1) is 13.2 Å². The summed E-state index contributed by atoms with van der Waals surface area (Å²) >= 11 is 0. The Labute approximate surface area is 175 Å². The van der Waals surface area contributed by atoms with E-state index in [0.717, 1.165) is 83.0 Å². The van der Waals surface area contributed by atoms with Crippen LogP contribution in [0.25, 0.3) is 0 Å². The molecular weight excluding hydrogens is 364 g/mol. The number of hydrogen-bond acceptors (Lipinski definition) is 5. The number of ether oxygens (including phenoxy) is 1. The molecular formula is C23H36N4O2. The van der Waals surface area contributed by atoms with Gasteiger partial charge in [-0.2, -0.15) is 0 Å². The van der Waals surface area contributed by atoms with Gasteiger partial charge < -0.3 is 19.4 Å². The lowest BCUT2D eigenvalue weighted by atomic mass is 9.86. The summed E-state index contributed by atoms with van der Waals surface area (Å²) in [5.74, 6) is 3.15. The lowest BCUT2D eigenvalue weighted by Gasteiger charge is -2.39. The summed E-state index contributed by atoms with van der Waals surface area (Å²) in [5.41, 5.74) is 1.23. The highest BCUT2D eigenvalue weighted by molar-refractivity contribution is 5.79. The molecule has 0 saturated carbocycles. The van der Waals surface area contributed by atoms with Crippen molar-refractivity contribution in [3.8, 4) is 0 Å². The summed E-state index contributed by atoms with van der Waals surface area (Å²) in [6.07, 6.45) is 6.17. The second kappa shape index (κ2) is 9.33. The number of morpholine rings is 1. The molecule has 29 heavy (non-hydrogen) atoms. The lowest BCUT2D eigenvalue weighted by molar-refractivity contribution is -0.137. The molecule has 0 bridgehead atoms. The molecule has 6 nitrogen and oxygen atoms in total. The molecule has 160 valence electrons. The van der Waals surface area contributed by atoms with Gasteiger partial charge in [0, 0.05) is 63.1 Å². The van der Waals surface area contributed by atoms with Gasteiger partial charge in [0.1, 0.15) is 5.82 Å². The maximum Gasteiger partial charge on any atom is 0.225 e. The summed E-state index contributed by atoms with van der Waals surface area (Å²) in [6.45, 7) is 11.8. The first-order chi connectivity index (χ1) is 14.1. The molecule has 6 heteroatoms. The number of pyridine rings is 1. The maximum atomic E-state index is 13.0. The average Bonchev–Trinajstić information content (AvgIpc) is 2.79. The SMILES string of the molecule is CC(C)C1CCN(C(=O)C2CCN(c3ccnc(N4CCOCC4)c3)CC2)CC1. The molecule has 1 aromatic heterocycles. The van der Waals surface area contributed by atoms with Crippen molar-refractivity contribution in [3.05, 3.63) is 18.3 Å². The first-order valence-electron chi connectivity index (χ1n) is 11.4. The van der Waals surface area contributed by atoms with Crippen LogP contribution in [0.5, 0.6) is 0 Å². The molecule has 1 amide bonds. The van der Waals surface area contributed by atoms with Crippen LogP contribution in [0.1, 0.15) is 39.5 Å². The number of anilines is 2. The zero-order valence-electron chi connectivity index (χ0n) is 18.1. The van der Waals surface area contributed by atoms with Gasteiger partial charge in [-0.05, 0) is 43.6 Å². The summed E-state index contributed by atoms with van der Waals surface area (Å²) in [6, 6.07) is 4.30. The third-order valence-corrected chi connectivity index (χ3v) is 7.07. The molecule has 3 aliphatic heterocycles. The quantitative estimate of drug-likeness (QED) is 0.778. The fourth-order valence-corrected chi connectivity index (χ4v) is 5.00. The lowest BCUT2D eigenvalue weighted by Crippen LogP contribution is -2.46. The number of carbonyl (C=O) groups is 1. The van der Waals surface area contributed by atoms with Crippen LogP contribution in [0.15, 0.2) is 18.3 Å². The Balaban J connectivity index is 1.30. The largest absolute Gasteiger partial charge is 0.378 e. The van der Waals surface area contributed by atoms with Crippen molar-refractivity contribution in [2.24, 2.45) is 17.8 Å². The molecule has 0 N–H and O–H groups in total. The standard InChI is InChI=1S/C23H36N4O2/c1-18(2)19-4-11-27(12-5-19)23(28)20-6-9-25(10-7-20)21-3-8-24-22(17-21)26-13-15-29-16-14-26/h3,8,17-20H,4-7,9-16H2,1-2H3. The van der Waals surface area contributed by atoms with Crippen LogP contribution in [0.3, 0.4) is 0 Å². The van der Waals surface area contributed by atoms with E-state index >= 15 is 0 Å². The van der Waals surface area contributed by atoms with Crippen LogP contribution in [0.4, 0.5) is 11.5 Å². The van der Waals surface area contributed by atoms with Gasteiger partial charge in [-0.1, -0.05) is 13.8 Å².